The van der Waals surface area contributed by atoms with Crippen LogP contribution < -0.4 is 14.7 Å². The highest BCUT2D eigenvalue weighted by Gasteiger charge is 2.12. The maximum absolute atomic E-state index is 3.93. The molecule has 0 fully saturated rings. The Hall–Kier alpha value is -5.28. The summed E-state index contributed by atoms with van der Waals surface area (Å²) >= 11 is 0. The summed E-state index contributed by atoms with van der Waals surface area (Å²) in [6.07, 6.45) is 10.6. The van der Waals surface area contributed by atoms with Crippen LogP contribution in [0.5, 0.6) is 0 Å². The topological polar surface area (TPSA) is 9.72 Å². The van der Waals surface area contributed by atoms with Gasteiger partial charge in [0.2, 0.25) is 0 Å². The monoisotopic (exact) mass is 617 g/mol. The summed E-state index contributed by atoms with van der Waals surface area (Å²) in [5.74, 6) is 0. The number of rotatable bonds is 14. The van der Waals surface area contributed by atoms with Crippen molar-refractivity contribution in [3.05, 3.63) is 156 Å². The van der Waals surface area contributed by atoms with Crippen LogP contribution in [0.4, 0.5) is 28.4 Å². The van der Waals surface area contributed by atoms with Gasteiger partial charge in [0.25, 0.3) is 0 Å². The first-order chi connectivity index (χ1) is 23.0. The Balaban J connectivity index is 1.34. The SMILES string of the molecule is C=Cc1ccc(N(c2ccc(/C=C/c3ccc(N(CC)CC)cc3)cc2)c2ccc(/C=C/c3ccc(N(CC)CC)cc3)cc2)cc1. The van der Waals surface area contributed by atoms with Crippen molar-refractivity contribution in [3.8, 4) is 0 Å². The molecule has 0 N–H and O–H groups in total. The number of benzene rings is 5. The van der Waals surface area contributed by atoms with Gasteiger partial charge >= 0.3 is 0 Å². The number of hydrogen-bond donors (Lipinski definition) is 0. The van der Waals surface area contributed by atoms with Crippen LogP contribution in [0.1, 0.15) is 55.5 Å². The molecule has 0 saturated heterocycles. The van der Waals surface area contributed by atoms with Gasteiger partial charge in [0.05, 0.1) is 0 Å². The smallest absolute Gasteiger partial charge is 0.0462 e. The number of hydrogen-bond acceptors (Lipinski definition) is 3. The highest BCUT2D eigenvalue weighted by Crippen LogP contribution is 2.35. The van der Waals surface area contributed by atoms with Gasteiger partial charge in [-0.1, -0.05) is 97.6 Å². The maximum Gasteiger partial charge on any atom is 0.0462 e. The zero-order valence-electron chi connectivity index (χ0n) is 28.3. The molecule has 0 bridgehead atoms. The van der Waals surface area contributed by atoms with Crippen LogP contribution in [-0.4, -0.2) is 26.2 Å². The molecule has 0 atom stereocenters. The molecule has 0 amide bonds. The van der Waals surface area contributed by atoms with Crippen molar-refractivity contribution < 1.29 is 0 Å². The molecular formula is C44H47N3. The van der Waals surface area contributed by atoms with Crippen molar-refractivity contribution in [1.29, 1.82) is 0 Å². The lowest BCUT2D eigenvalue weighted by Crippen LogP contribution is -2.21. The van der Waals surface area contributed by atoms with E-state index in [9.17, 15) is 0 Å². The van der Waals surface area contributed by atoms with Gasteiger partial charge in [-0.3, -0.25) is 0 Å². The Morgan fingerprint density at radius 2 is 0.596 bits per heavy atom. The van der Waals surface area contributed by atoms with Crippen molar-refractivity contribution in [2.75, 3.05) is 40.9 Å². The van der Waals surface area contributed by atoms with E-state index in [1.54, 1.807) is 0 Å². The lowest BCUT2D eigenvalue weighted by atomic mass is 10.1. The van der Waals surface area contributed by atoms with Crippen LogP contribution >= 0.6 is 0 Å². The molecule has 0 aliphatic carbocycles. The summed E-state index contributed by atoms with van der Waals surface area (Å²) in [4.78, 5) is 7.02. The molecule has 3 nitrogen and oxygen atoms in total. The second kappa shape index (κ2) is 16.3. The van der Waals surface area contributed by atoms with Crippen LogP contribution in [0, 0.1) is 0 Å². The van der Waals surface area contributed by atoms with Gasteiger partial charge in [0.15, 0.2) is 0 Å². The minimum atomic E-state index is 1.02. The van der Waals surface area contributed by atoms with Crippen molar-refractivity contribution in [2.45, 2.75) is 27.7 Å². The summed E-state index contributed by atoms with van der Waals surface area (Å²) in [6, 6.07) is 43.6. The molecule has 0 heterocycles. The predicted octanol–water partition coefficient (Wildman–Crippen LogP) is 11.8. The average molecular weight is 618 g/mol. The normalized spacial score (nSPS) is 11.2. The predicted molar refractivity (Wildman–Crippen MR) is 209 cm³/mol. The Morgan fingerprint density at radius 3 is 0.830 bits per heavy atom. The second-order valence-electron chi connectivity index (χ2n) is 11.5. The Morgan fingerprint density at radius 1 is 0.362 bits per heavy atom. The summed E-state index contributed by atoms with van der Waals surface area (Å²) in [5.41, 5.74) is 11.7. The van der Waals surface area contributed by atoms with Crippen molar-refractivity contribution in [2.24, 2.45) is 0 Å². The van der Waals surface area contributed by atoms with Crippen molar-refractivity contribution >= 4 is 58.8 Å². The number of anilines is 5. The van der Waals surface area contributed by atoms with Crippen LogP contribution in [0.3, 0.4) is 0 Å². The Labute approximate surface area is 282 Å². The van der Waals surface area contributed by atoms with Gasteiger partial charge in [-0.05, 0) is 116 Å². The average Bonchev–Trinajstić information content (AvgIpc) is 3.13. The van der Waals surface area contributed by atoms with Crippen LogP contribution in [0.15, 0.2) is 128 Å². The molecule has 0 aromatic heterocycles. The van der Waals surface area contributed by atoms with Gasteiger partial charge < -0.3 is 14.7 Å². The molecule has 0 spiro atoms. The highest BCUT2D eigenvalue weighted by molar-refractivity contribution is 5.80. The fourth-order valence-electron chi connectivity index (χ4n) is 5.83. The zero-order valence-corrected chi connectivity index (χ0v) is 28.3. The molecule has 5 aromatic carbocycles. The van der Waals surface area contributed by atoms with E-state index >= 15 is 0 Å². The van der Waals surface area contributed by atoms with Crippen LogP contribution in [-0.2, 0) is 0 Å². The molecule has 0 aliphatic rings. The van der Waals surface area contributed by atoms with Crippen molar-refractivity contribution in [1.82, 2.24) is 0 Å². The standard InChI is InChI=1S/C44H47N3/c1-6-35-15-29-42(30-16-35)47(43-31-21-38(22-32-43)13-11-36-17-25-40(26-18-36)45(7-2)8-3)44-33-23-39(24-34-44)14-12-37-19-27-41(28-20-37)46(9-4)10-5/h6,11-34H,1,7-10H2,2-5H3/b13-11+,14-12+. The molecular weight excluding hydrogens is 571 g/mol. The summed E-state index contributed by atoms with van der Waals surface area (Å²) in [6.45, 7) is 16.8. The fraction of sp³-hybridized carbons (Fsp3) is 0.182. The number of nitrogens with zero attached hydrogens (tertiary/aromatic N) is 3. The first-order valence-corrected chi connectivity index (χ1v) is 16.8. The van der Waals surface area contributed by atoms with Gasteiger partial charge in [-0.25, -0.2) is 0 Å². The van der Waals surface area contributed by atoms with Gasteiger partial charge in [-0.2, -0.15) is 0 Å². The molecule has 238 valence electrons. The van der Waals surface area contributed by atoms with E-state index in [1.807, 2.05) is 6.08 Å². The van der Waals surface area contributed by atoms with Gasteiger partial charge in [-0.15, -0.1) is 0 Å². The molecule has 5 rings (SSSR count). The first kappa shape index (κ1) is 33.1. The summed E-state index contributed by atoms with van der Waals surface area (Å²) in [7, 11) is 0. The molecule has 5 aromatic rings. The largest absolute Gasteiger partial charge is 0.372 e. The van der Waals surface area contributed by atoms with E-state index in [4.69, 9.17) is 0 Å². The third-order valence-electron chi connectivity index (χ3n) is 8.67. The molecule has 3 heteroatoms. The van der Waals surface area contributed by atoms with E-state index in [1.165, 1.54) is 22.5 Å². The Bertz CT molecular complexity index is 1630. The summed E-state index contributed by atoms with van der Waals surface area (Å²) in [5, 5.41) is 0. The zero-order chi connectivity index (χ0) is 33.0. The van der Waals surface area contributed by atoms with Crippen LogP contribution in [0.25, 0.3) is 30.4 Å². The molecule has 0 radical (unpaired) electrons. The lowest BCUT2D eigenvalue weighted by molar-refractivity contribution is 0.866. The third kappa shape index (κ3) is 8.51. The Kier molecular flexibility index (Phi) is 11.5. The molecule has 0 unspecified atom stereocenters. The molecule has 0 aliphatic heterocycles. The third-order valence-corrected chi connectivity index (χ3v) is 8.67. The molecule has 47 heavy (non-hydrogen) atoms. The van der Waals surface area contributed by atoms with E-state index in [2.05, 4.69) is 195 Å². The minimum Gasteiger partial charge on any atom is -0.372 e. The van der Waals surface area contributed by atoms with E-state index < -0.39 is 0 Å². The fourth-order valence-corrected chi connectivity index (χ4v) is 5.83. The van der Waals surface area contributed by atoms with E-state index in [0.717, 1.165) is 59.9 Å². The van der Waals surface area contributed by atoms with E-state index in [0.29, 0.717) is 0 Å². The van der Waals surface area contributed by atoms with E-state index in [-0.39, 0.29) is 0 Å². The first-order valence-electron chi connectivity index (χ1n) is 16.8. The quantitative estimate of drug-likeness (QED) is 0.115. The van der Waals surface area contributed by atoms with Gasteiger partial charge in [0.1, 0.15) is 0 Å². The van der Waals surface area contributed by atoms with Gasteiger partial charge in [0, 0.05) is 54.6 Å². The van der Waals surface area contributed by atoms with Crippen molar-refractivity contribution in [3.63, 3.8) is 0 Å². The maximum atomic E-state index is 3.93. The lowest BCUT2D eigenvalue weighted by Gasteiger charge is -2.26. The molecule has 0 saturated carbocycles. The van der Waals surface area contributed by atoms with Crippen LogP contribution in [0.2, 0.25) is 0 Å². The highest BCUT2D eigenvalue weighted by atomic mass is 15.1. The summed E-state index contributed by atoms with van der Waals surface area (Å²) < 4.78 is 0. The minimum absolute atomic E-state index is 1.02. The second-order valence-corrected chi connectivity index (χ2v) is 11.5.